The van der Waals surface area contributed by atoms with E-state index in [1.54, 1.807) is 0 Å². The van der Waals surface area contributed by atoms with Gasteiger partial charge in [0.1, 0.15) is 0 Å². The molecule has 1 atom stereocenters. The Bertz CT molecular complexity index is 1070. The SMILES string of the molecule is Cc1ccc(-n2nc(C(=O)Nc3ccc(N4CCC(C)C4)cc3)c3c2CCC3)cc1. The van der Waals surface area contributed by atoms with Crippen molar-refractivity contribution in [2.75, 3.05) is 23.3 Å². The average molecular weight is 401 g/mol. The van der Waals surface area contributed by atoms with Crippen LogP contribution in [-0.2, 0) is 12.8 Å². The molecule has 5 rings (SSSR count). The lowest BCUT2D eigenvalue weighted by molar-refractivity contribution is 0.102. The van der Waals surface area contributed by atoms with Gasteiger partial charge < -0.3 is 10.2 Å². The minimum atomic E-state index is -0.124. The largest absolute Gasteiger partial charge is 0.371 e. The van der Waals surface area contributed by atoms with E-state index in [1.165, 1.54) is 23.4 Å². The Morgan fingerprint density at radius 3 is 2.47 bits per heavy atom. The molecule has 5 heteroatoms. The lowest BCUT2D eigenvalue weighted by Gasteiger charge is -2.18. The second kappa shape index (κ2) is 7.63. The van der Waals surface area contributed by atoms with Crippen molar-refractivity contribution in [1.82, 2.24) is 9.78 Å². The van der Waals surface area contributed by atoms with Gasteiger partial charge in [0, 0.05) is 35.7 Å². The van der Waals surface area contributed by atoms with Gasteiger partial charge in [-0.1, -0.05) is 24.6 Å². The fraction of sp³-hybridized carbons (Fsp3) is 0.360. The number of carbonyl (C=O) groups excluding carboxylic acids is 1. The first-order chi connectivity index (χ1) is 14.6. The van der Waals surface area contributed by atoms with E-state index in [-0.39, 0.29) is 5.91 Å². The molecule has 2 heterocycles. The lowest BCUT2D eigenvalue weighted by Crippen LogP contribution is -2.19. The van der Waals surface area contributed by atoms with Crippen molar-refractivity contribution in [1.29, 1.82) is 0 Å². The maximum Gasteiger partial charge on any atom is 0.276 e. The predicted octanol–water partition coefficient (Wildman–Crippen LogP) is 4.77. The number of rotatable bonds is 4. The fourth-order valence-electron chi connectivity index (χ4n) is 4.63. The van der Waals surface area contributed by atoms with E-state index in [4.69, 9.17) is 5.10 Å². The number of benzene rings is 2. The second-order valence-electron chi connectivity index (χ2n) is 8.72. The van der Waals surface area contributed by atoms with Gasteiger partial charge >= 0.3 is 0 Å². The van der Waals surface area contributed by atoms with Crippen molar-refractivity contribution in [3.63, 3.8) is 0 Å². The Morgan fingerprint density at radius 2 is 1.77 bits per heavy atom. The summed E-state index contributed by atoms with van der Waals surface area (Å²) in [5, 5.41) is 7.77. The summed E-state index contributed by atoms with van der Waals surface area (Å²) in [5.41, 5.74) is 7.09. The van der Waals surface area contributed by atoms with Crippen molar-refractivity contribution in [3.05, 3.63) is 71.0 Å². The Morgan fingerprint density at radius 1 is 1.03 bits per heavy atom. The summed E-state index contributed by atoms with van der Waals surface area (Å²) in [6.07, 6.45) is 4.19. The molecular formula is C25H28N4O. The summed E-state index contributed by atoms with van der Waals surface area (Å²) in [7, 11) is 0. The summed E-state index contributed by atoms with van der Waals surface area (Å²) in [6.45, 7) is 6.58. The molecule has 1 unspecified atom stereocenters. The summed E-state index contributed by atoms with van der Waals surface area (Å²) in [6, 6.07) is 16.5. The van der Waals surface area contributed by atoms with Gasteiger partial charge in [0.25, 0.3) is 5.91 Å². The van der Waals surface area contributed by atoms with Crippen LogP contribution < -0.4 is 10.2 Å². The molecule has 0 spiro atoms. The zero-order chi connectivity index (χ0) is 20.7. The topological polar surface area (TPSA) is 50.2 Å². The van der Waals surface area contributed by atoms with Gasteiger partial charge in [-0.25, -0.2) is 4.68 Å². The number of anilines is 2. The molecular weight excluding hydrogens is 372 g/mol. The Kier molecular flexibility index (Phi) is 4.81. The molecule has 0 bridgehead atoms. The molecule has 1 amide bonds. The van der Waals surface area contributed by atoms with Crippen LogP contribution in [0, 0.1) is 12.8 Å². The van der Waals surface area contributed by atoms with E-state index < -0.39 is 0 Å². The third-order valence-electron chi connectivity index (χ3n) is 6.34. The minimum absolute atomic E-state index is 0.124. The molecule has 1 fully saturated rings. The van der Waals surface area contributed by atoms with Crippen molar-refractivity contribution in [3.8, 4) is 5.69 Å². The highest BCUT2D eigenvalue weighted by Crippen LogP contribution is 2.29. The number of nitrogens with zero attached hydrogens (tertiary/aromatic N) is 3. The van der Waals surface area contributed by atoms with Crippen molar-refractivity contribution < 1.29 is 4.79 Å². The summed E-state index contributed by atoms with van der Waals surface area (Å²) in [4.78, 5) is 15.5. The number of hydrogen-bond acceptors (Lipinski definition) is 3. The number of nitrogens with one attached hydrogen (secondary N) is 1. The van der Waals surface area contributed by atoms with Gasteiger partial charge in [-0.2, -0.15) is 5.10 Å². The number of aromatic nitrogens is 2. The minimum Gasteiger partial charge on any atom is -0.371 e. The van der Waals surface area contributed by atoms with Crippen LogP contribution in [-0.4, -0.2) is 28.8 Å². The van der Waals surface area contributed by atoms with Gasteiger partial charge in [0.15, 0.2) is 5.69 Å². The van der Waals surface area contributed by atoms with Crippen LogP contribution in [0.1, 0.15) is 47.1 Å². The van der Waals surface area contributed by atoms with Crippen LogP contribution in [0.3, 0.4) is 0 Å². The number of aryl methyl sites for hydroxylation is 1. The highest BCUT2D eigenvalue weighted by Gasteiger charge is 2.27. The molecule has 1 N–H and O–H groups in total. The van der Waals surface area contributed by atoms with Crippen LogP contribution in [0.5, 0.6) is 0 Å². The van der Waals surface area contributed by atoms with Crippen molar-refractivity contribution in [2.24, 2.45) is 5.92 Å². The molecule has 2 aromatic carbocycles. The van der Waals surface area contributed by atoms with Crippen molar-refractivity contribution in [2.45, 2.75) is 39.5 Å². The molecule has 154 valence electrons. The Labute approximate surface area is 177 Å². The number of amides is 1. The first-order valence-corrected chi connectivity index (χ1v) is 10.9. The molecule has 30 heavy (non-hydrogen) atoms. The van der Waals surface area contributed by atoms with Gasteiger partial charge in [0.05, 0.1) is 5.69 Å². The van der Waals surface area contributed by atoms with E-state index in [0.29, 0.717) is 5.69 Å². The molecule has 0 saturated carbocycles. The summed E-state index contributed by atoms with van der Waals surface area (Å²) >= 11 is 0. The van der Waals surface area contributed by atoms with Gasteiger partial charge in [-0.15, -0.1) is 0 Å². The normalized spacial score (nSPS) is 17.9. The van der Waals surface area contributed by atoms with Gasteiger partial charge in [0.2, 0.25) is 0 Å². The highest BCUT2D eigenvalue weighted by atomic mass is 16.2. The molecule has 3 aromatic rings. The second-order valence-corrected chi connectivity index (χ2v) is 8.72. The first kappa shape index (κ1) is 18.9. The van der Waals surface area contributed by atoms with Crippen LogP contribution in [0.4, 0.5) is 11.4 Å². The smallest absolute Gasteiger partial charge is 0.276 e. The third-order valence-corrected chi connectivity index (χ3v) is 6.34. The van der Waals surface area contributed by atoms with Crippen molar-refractivity contribution >= 4 is 17.3 Å². The molecule has 1 saturated heterocycles. The molecule has 1 aliphatic heterocycles. The van der Waals surface area contributed by atoms with E-state index in [9.17, 15) is 4.79 Å². The van der Waals surface area contributed by atoms with Crippen LogP contribution in [0.15, 0.2) is 48.5 Å². The monoisotopic (exact) mass is 400 g/mol. The fourth-order valence-corrected chi connectivity index (χ4v) is 4.63. The highest BCUT2D eigenvalue weighted by molar-refractivity contribution is 6.04. The van der Waals surface area contributed by atoms with E-state index in [0.717, 1.165) is 55.2 Å². The van der Waals surface area contributed by atoms with Crippen LogP contribution in [0.25, 0.3) is 5.69 Å². The first-order valence-electron chi connectivity index (χ1n) is 10.9. The molecule has 0 radical (unpaired) electrons. The molecule has 2 aliphatic rings. The third kappa shape index (κ3) is 3.49. The average Bonchev–Trinajstić information content (AvgIpc) is 3.46. The van der Waals surface area contributed by atoms with E-state index in [1.807, 2.05) is 16.8 Å². The zero-order valence-corrected chi connectivity index (χ0v) is 17.7. The Hall–Kier alpha value is -3.08. The van der Waals surface area contributed by atoms with Crippen LogP contribution in [0.2, 0.25) is 0 Å². The van der Waals surface area contributed by atoms with E-state index in [2.05, 4.69) is 60.5 Å². The lowest BCUT2D eigenvalue weighted by atomic mass is 10.2. The predicted molar refractivity (Wildman–Crippen MR) is 121 cm³/mol. The van der Waals surface area contributed by atoms with Crippen LogP contribution >= 0.6 is 0 Å². The maximum atomic E-state index is 13.1. The summed E-state index contributed by atoms with van der Waals surface area (Å²) in [5.74, 6) is 0.622. The quantitative estimate of drug-likeness (QED) is 0.686. The van der Waals surface area contributed by atoms with E-state index >= 15 is 0 Å². The summed E-state index contributed by atoms with van der Waals surface area (Å²) < 4.78 is 1.95. The number of hydrogen-bond donors (Lipinski definition) is 1. The Balaban J connectivity index is 1.36. The maximum absolute atomic E-state index is 13.1. The molecule has 1 aromatic heterocycles. The number of carbonyl (C=O) groups is 1. The van der Waals surface area contributed by atoms with Gasteiger partial charge in [-0.3, -0.25) is 4.79 Å². The molecule has 5 nitrogen and oxygen atoms in total. The zero-order valence-electron chi connectivity index (χ0n) is 17.7. The van der Waals surface area contributed by atoms with Gasteiger partial charge in [-0.05, 0) is 74.9 Å². The molecule has 1 aliphatic carbocycles. The number of fused-ring (bicyclic) bond motifs is 1. The standard InChI is InChI=1S/C25H28N4O/c1-17-6-10-21(11-7-17)29-23-5-3-4-22(23)24(27-29)25(30)26-19-8-12-20(13-9-19)28-15-14-18(2)16-28/h6-13,18H,3-5,14-16H2,1-2H3,(H,26,30).